The minimum atomic E-state index is -0.250. The molecule has 8 nitrogen and oxygen atoms in total. The van der Waals surface area contributed by atoms with E-state index in [-0.39, 0.29) is 18.6 Å². The first-order valence-corrected chi connectivity index (χ1v) is 12.4. The Morgan fingerprint density at radius 3 is 2.60 bits per heavy atom. The number of rotatable bonds is 8. The van der Waals surface area contributed by atoms with E-state index < -0.39 is 0 Å². The van der Waals surface area contributed by atoms with E-state index in [1.54, 1.807) is 7.11 Å². The van der Waals surface area contributed by atoms with Gasteiger partial charge in [-0.25, -0.2) is 4.98 Å². The number of fused-ring (bicyclic) bond motifs is 2. The van der Waals surface area contributed by atoms with Crippen LogP contribution in [0.2, 0.25) is 0 Å². The zero-order chi connectivity index (χ0) is 24.6. The van der Waals surface area contributed by atoms with Crippen molar-refractivity contribution < 1.29 is 24.5 Å². The Hall–Kier alpha value is -3.10. The quantitative estimate of drug-likeness (QED) is 0.249. The Morgan fingerprint density at radius 1 is 1.11 bits per heavy atom. The first-order chi connectivity index (χ1) is 17.1. The Morgan fingerprint density at radius 2 is 1.89 bits per heavy atom. The van der Waals surface area contributed by atoms with Gasteiger partial charge < -0.3 is 29.9 Å². The summed E-state index contributed by atoms with van der Waals surface area (Å²) in [6.45, 7) is 3.92. The third-order valence-electron chi connectivity index (χ3n) is 6.79. The molecule has 2 atom stereocenters. The van der Waals surface area contributed by atoms with Crippen LogP contribution in [0.5, 0.6) is 11.5 Å². The number of methoxy groups -OCH3 is 1. The van der Waals surface area contributed by atoms with Gasteiger partial charge in [0.1, 0.15) is 0 Å². The maximum atomic E-state index is 10.0. The highest BCUT2D eigenvalue weighted by Gasteiger charge is 2.24. The molecule has 1 saturated heterocycles. The summed E-state index contributed by atoms with van der Waals surface area (Å²) >= 11 is 0. The van der Waals surface area contributed by atoms with E-state index in [9.17, 15) is 5.11 Å². The van der Waals surface area contributed by atoms with Crippen LogP contribution < -0.4 is 14.8 Å². The number of hydrogen-bond donors (Lipinski definition) is 3. The minimum absolute atomic E-state index is 0.220. The molecule has 3 N–H and O–H groups in total. The molecule has 5 rings (SSSR count). The second kappa shape index (κ2) is 12.0. The number of benzene rings is 2. The normalized spacial score (nSPS) is 19.9. The number of aliphatic hydroxyl groups excluding tert-OH is 1. The molecule has 1 aromatic heterocycles. The summed E-state index contributed by atoms with van der Waals surface area (Å²) in [7, 11) is 1.69. The number of carboxylic acid groups (broad SMARTS) is 1. The van der Waals surface area contributed by atoms with Crippen LogP contribution in [0.15, 0.2) is 36.4 Å². The van der Waals surface area contributed by atoms with Gasteiger partial charge in [-0.1, -0.05) is 18.2 Å². The molecule has 2 fully saturated rings. The number of aromatic nitrogens is 1. The largest absolute Gasteiger partial charge is 0.493 e. The number of pyridine rings is 1. The lowest BCUT2D eigenvalue weighted by Gasteiger charge is -2.20. The van der Waals surface area contributed by atoms with Gasteiger partial charge in [0.25, 0.3) is 6.47 Å². The topological polar surface area (TPSA) is 104 Å². The first-order valence-electron chi connectivity index (χ1n) is 12.4. The number of nitrogens with zero attached hydrogens (tertiary/aromatic N) is 2. The number of para-hydroxylation sites is 1. The van der Waals surface area contributed by atoms with Gasteiger partial charge in [0.05, 0.1) is 36.5 Å². The summed E-state index contributed by atoms with van der Waals surface area (Å²) in [6.07, 6.45) is 5.99. The molecule has 2 aliphatic rings. The van der Waals surface area contributed by atoms with Crippen molar-refractivity contribution in [3.63, 3.8) is 0 Å². The lowest BCUT2D eigenvalue weighted by atomic mass is 10.1. The van der Waals surface area contributed by atoms with E-state index in [4.69, 9.17) is 24.4 Å². The van der Waals surface area contributed by atoms with Crippen molar-refractivity contribution in [2.75, 3.05) is 38.7 Å². The van der Waals surface area contributed by atoms with Crippen molar-refractivity contribution in [2.24, 2.45) is 0 Å². The summed E-state index contributed by atoms with van der Waals surface area (Å²) in [4.78, 5) is 15.8. The van der Waals surface area contributed by atoms with E-state index in [0.717, 1.165) is 71.2 Å². The maximum absolute atomic E-state index is 10.0. The lowest BCUT2D eigenvalue weighted by Crippen LogP contribution is -2.21. The van der Waals surface area contributed by atoms with Gasteiger partial charge in [-0.05, 0) is 63.7 Å². The predicted octanol–water partition coefficient (Wildman–Crippen LogP) is 4.29. The Labute approximate surface area is 205 Å². The molecule has 1 saturated carbocycles. The molecule has 2 heterocycles. The van der Waals surface area contributed by atoms with Crippen molar-refractivity contribution in [3.8, 4) is 11.5 Å². The van der Waals surface area contributed by atoms with Crippen LogP contribution in [0, 0.1) is 0 Å². The van der Waals surface area contributed by atoms with Crippen LogP contribution in [0.3, 0.4) is 0 Å². The molecule has 0 spiro atoms. The third kappa shape index (κ3) is 6.13. The summed E-state index contributed by atoms with van der Waals surface area (Å²) < 4.78 is 11.9. The number of ether oxygens (including phenoxy) is 2. The summed E-state index contributed by atoms with van der Waals surface area (Å²) in [5, 5.41) is 22.7. The zero-order valence-electron chi connectivity index (χ0n) is 20.3. The minimum Gasteiger partial charge on any atom is -0.493 e. The number of carbonyl (C=O) groups is 1. The first kappa shape index (κ1) is 25.0. The fraction of sp³-hybridized carbons (Fsp3) is 0.481. The molecule has 0 radical (unpaired) electrons. The van der Waals surface area contributed by atoms with E-state index in [1.807, 2.05) is 30.3 Å². The molecule has 35 heavy (non-hydrogen) atoms. The van der Waals surface area contributed by atoms with Crippen LogP contribution in [-0.2, 0) is 4.79 Å². The summed E-state index contributed by atoms with van der Waals surface area (Å²) in [6, 6.07) is 12.5. The van der Waals surface area contributed by atoms with Crippen LogP contribution in [0.4, 0.5) is 5.69 Å². The summed E-state index contributed by atoms with van der Waals surface area (Å²) in [5.74, 6) is 1.47. The number of aliphatic hydroxyl groups is 1. The highest BCUT2D eigenvalue weighted by Crippen LogP contribution is 2.39. The van der Waals surface area contributed by atoms with Crippen molar-refractivity contribution in [2.45, 2.75) is 50.7 Å². The molecule has 188 valence electrons. The van der Waals surface area contributed by atoms with Crippen molar-refractivity contribution in [1.29, 1.82) is 0 Å². The molecule has 1 aliphatic carbocycles. The molecule has 1 aliphatic heterocycles. The second-order valence-electron chi connectivity index (χ2n) is 9.19. The second-order valence-corrected chi connectivity index (χ2v) is 9.19. The maximum Gasteiger partial charge on any atom is 0.290 e. The number of hydrogen-bond acceptors (Lipinski definition) is 7. The van der Waals surface area contributed by atoms with E-state index in [2.05, 4.69) is 16.3 Å². The Balaban J connectivity index is 0.000000917. The van der Waals surface area contributed by atoms with Gasteiger partial charge in [0.2, 0.25) is 0 Å². The number of likely N-dealkylation sites (tertiary alicyclic amines) is 1. The van der Waals surface area contributed by atoms with Crippen LogP contribution in [0.1, 0.15) is 38.5 Å². The van der Waals surface area contributed by atoms with Crippen LogP contribution in [-0.4, -0.2) is 72.1 Å². The Bertz CT molecular complexity index is 1130. The zero-order valence-corrected chi connectivity index (χ0v) is 20.3. The van der Waals surface area contributed by atoms with E-state index in [1.165, 1.54) is 25.9 Å². The smallest absolute Gasteiger partial charge is 0.290 e. The molecule has 0 amide bonds. The molecule has 2 aromatic carbocycles. The summed E-state index contributed by atoms with van der Waals surface area (Å²) in [5.41, 5.74) is 2.90. The third-order valence-corrected chi connectivity index (χ3v) is 6.79. The predicted molar refractivity (Wildman–Crippen MR) is 138 cm³/mol. The standard InChI is InChI=1S/C26H33N3O3.CH2O2/c1-31-24-16-21-23(17-25(24)32-14-6-13-29-11-4-5-12-29)28-22-8-3-2-7-20(22)26(21)27-18-9-10-19(30)15-18;2-1-3/h2-3,7-8,16-19,30H,4-6,9-15H2,1H3,(H,27,28);1H,(H,2,3)/t18-,19-;/m1./s1. The number of anilines is 1. The van der Waals surface area contributed by atoms with Gasteiger partial charge in [-0.2, -0.15) is 0 Å². The fourth-order valence-electron chi connectivity index (χ4n) is 5.10. The Kier molecular flexibility index (Phi) is 8.60. The average Bonchev–Trinajstić information content (AvgIpc) is 3.53. The van der Waals surface area contributed by atoms with Gasteiger partial charge in [0.15, 0.2) is 11.5 Å². The molecule has 8 heteroatoms. The van der Waals surface area contributed by atoms with E-state index in [0.29, 0.717) is 6.61 Å². The van der Waals surface area contributed by atoms with Gasteiger partial charge in [0, 0.05) is 29.4 Å². The number of nitrogens with one attached hydrogen (secondary N) is 1. The van der Waals surface area contributed by atoms with Crippen LogP contribution >= 0.6 is 0 Å². The van der Waals surface area contributed by atoms with Crippen molar-refractivity contribution in [1.82, 2.24) is 9.88 Å². The van der Waals surface area contributed by atoms with Gasteiger partial charge in [-0.15, -0.1) is 0 Å². The van der Waals surface area contributed by atoms with Crippen molar-refractivity contribution in [3.05, 3.63) is 36.4 Å². The molecular formula is C27H35N3O5. The molecule has 3 aromatic rings. The van der Waals surface area contributed by atoms with Crippen LogP contribution in [0.25, 0.3) is 21.8 Å². The fourth-order valence-corrected chi connectivity index (χ4v) is 5.10. The lowest BCUT2D eigenvalue weighted by molar-refractivity contribution is -0.122. The van der Waals surface area contributed by atoms with Gasteiger partial charge >= 0.3 is 0 Å². The molecule has 0 unspecified atom stereocenters. The average molecular weight is 482 g/mol. The highest BCUT2D eigenvalue weighted by molar-refractivity contribution is 6.08. The van der Waals surface area contributed by atoms with Crippen molar-refractivity contribution >= 4 is 34.0 Å². The monoisotopic (exact) mass is 481 g/mol. The van der Waals surface area contributed by atoms with E-state index >= 15 is 0 Å². The molecular weight excluding hydrogens is 446 g/mol. The SMILES string of the molecule is COc1cc2c(N[C@@H]3CC[C@@H](O)C3)c3ccccc3nc2cc1OCCCN1CCCC1.O=CO. The van der Waals surface area contributed by atoms with Gasteiger partial charge in [-0.3, -0.25) is 4.79 Å². The highest BCUT2D eigenvalue weighted by atomic mass is 16.5. The molecule has 0 bridgehead atoms.